The van der Waals surface area contributed by atoms with Crippen LogP contribution >= 0.6 is 0 Å². The van der Waals surface area contributed by atoms with Gasteiger partial charge in [0.1, 0.15) is 22.5 Å². The number of nitrogens with zero attached hydrogens (tertiary/aromatic N) is 4. The minimum Gasteiger partial charge on any atom is -0.368 e. The van der Waals surface area contributed by atoms with E-state index in [-0.39, 0.29) is 17.3 Å². The van der Waals surface area contributed by atoms with Crippen molar-refractivity contribution in [3.8, 4) is 0 Å². The summed E-state index contributed by atoms with van der Waals surface area (Å²) in [5.74, 6) is -0.450. The van der Waals surface area contributed by atoms with Gasteiger partial charge in [-0.15, -0.1) is 0 Å². The predicted octanol–water partition coefficient (Wildman–Crippen LogP) is 2.84. The van der Waals surface area contributed by atoms with Gasteiger partial charge in [0.2, 0.25) is 0 Å². The molecule has 1 aliphatic heterocycles. The highest BCUT2D eigenvalue weighted by Crippen LogP contribution is 2.24. The summed E-state index contributed by atoms with van der Waals surface area (Å²) in [7, 11) is 0. The highest BCUT2D eigenvalue weighted by molar-refractivity contribution is 5.93. The van der Waals surface area contributed by atoms with E-state index in [0.717, 1.165) is 56.0 Å². The zero-order valence-electron chi connectivity index (χ0n) is 19.6. The minimum absolute atomic E-state index is 0.103. The monoisotopic (exact) mass is 474 g/mol. The fraction of sp³-hybridized carbons (Fsp3) is 0.346. The lowest BCUT2D eigenvalue weighted by atomic mass is 10.1. The molecule has 180 valence electrons. The fourth-order valence-electron chi connectivity index (χ4n) is 4.94. The summed E-state index contributed by atoms with van der Waals surface area (Å²) < 4.78 is 16.6. The van der Waals surface area contributed by atoms with Crippen LogP contribution in [0.4, 0.5) is 10.1 Å². The number of anilines is 1. The number of benzene rings is 1. The lowest BCUT2D eigenvalue weighted by Gasteiger charge is -2.36. The summed E-state index contributed by atoms with van der Waals surface area (Å²) in [6, 6.07) is 10.9. The van der Waals surface area contributed by atoms with Crippen molar-refractivity contribution in [2.24, 2.45) is 0 Å². The van der Waals surface area contributed by atoms with Gasteiger partial charge < -0.3 is 19.6 Å². The molecular formula is C26H27FN6O2. The van der Waals surface area contributed by atoms with Crippen LogP contribution < -0.4 is 15.8 Å². The molecule has 8 nitrogen and oxygen atoms in total. The molecule has 1 aliphatic carbocycles. The lowest BCUT2D eigenvalue weighted by molar-refractivity contribution is 0.0946. The van der Waals surface area contributed by atoms with E-state index in [9.17, 15) is 9.59 Å². The van der Waals surface area contributed by atoms with Crippen molar-refractivity contribution >= 4 is 28.1 Å². The molecule has 1 aromatic carbocycles. The smallest absolute Gasteiger partial charge is 0.272 e. The van der Waals surface area contributed by atoms with Gasteiger partial charge in [-0.2, -0.15) is 0 Å². The van der Waals surface area contributed by atoms with Crippen LogP contribution in [0, 0.1) is 12.7 Å². The van der Waals surface area contributed by atoms with E-state index in [1.807, 2.05) is 19.1 Å². The molecule has 4 heterocycles. The molecule has 6 rings (SSSR count). The van der Waals surface area contributed by atoms with Gasteiger partial charge in [-0.3, -0.25) is 14.5 Å². The largest absolute Gasteiger partial charge is 0.368 e. The molecule has 2 N–H and O–H groups in total. The van der Waals surface area contributed by atoms with Crippen molar-refractivity contribution in [1.82, 2.24) is 24.6 Å². The van der Waals surface area contributed by atoms with Gasteiger partial charge in [0.05, 0.1) is 16.9 Å². The number of halogens is 1. The Hall–Kier alpha value is -3.72. The Bertz CT molecular complexity index is 1500. The van der Waals surface area contributed by atoms with Crippen LogP contribution in [0.1, 0.15) is 34.6 Å². The minimum atomic E-state index is -0.346. The van der Waals surface area contributed by atoms with Gasteiger partial charge in [-0.05, 0) is 61.7 Å². The molecule has 1 amide bonds. The second kappa shape index (κ2) is 8.49. The quantitative estimate of drug-likeness (QED) is 0.465. The third-order valence-electron chi connectivity index (χ3n) is 6.92. The van der Waals surface area contributed by atoms with Crippen molar-refractivity contribution < 1.29 is 9.18 Å². The number of hydrogen-bond donors (Lipinski definition) is 2. The zero-order valence-corrected chi connectivity index (χ0v) is 19.6. The van der Waals surface area contributed by atoms with Crippen LogP contribution in [0.15, 0.2) is 47.4 Å². The Labute approximate surface area is 201 Å². The number of hydrogen-bond acceptors (Lipinski definition) is 5. The van der Waals surface area contributed by atoms with E-state index < -0.39 is 0 Å². The predicted molar refractivity (Wildman–Crippen MR) is 132 cm³/mol. The third-order valence-corrected chi connectivity index (χ3v) is 6.92. The highest BCUT2D eigenvalue weighted by atomic mass is 19.1. The number of aryl methyl sites for hydroxylation is 1. The molecule has 0 radical (unpaired) electrons. The SMILES string of the molecule is Cc1nc(C(=O)NC2CC2)ccc1N1CCN(Cc2cc(F)c3c(c2)[nH]c(=O)c2cccn23)CC1. The van der Waals surface area contributed by atoms with Crippen LogP contribution in [-0.4, -0.2) is 57.4 Å². The Balaban J connectivity index is 1.14. The summed E-state index contributed by atoms with van der Waals surface area (Å²) >= 11 is 0. The van der Waals surface area contributed by atoms with Crippen molar-refractivity contribution in [2.45, 2.75) is 32.4 Å². The Morgan fingerprint density at radius 2 is 1.97 bits per heavy atom. The molecule has 0 bridgehead atoms. The van der Waals surface area contributed by atoms with E-state index in [1.54, 1.807) is 34.9 Å². The summed E-state index contributed by atoms with van der Waals surface area (Å²) in [6.07, 6.45) is 3.81. The number of aromatic nitrogens is 3. The number of carbonyl (C=O) groups excluding carboxylic acids is 1. The summed E-state index contributed by atoms with van der Waals surface area (Å²) in [6.45, 7) is 5.80. The molecule has 0 atom stereocenters. The van der Waals surface area contributed by atoms with E-state index in [1.165, 1.54) is 0 Å². The molecule has 2 aliphatic rings. The molecular weight excluding hydrogens is 447 g/mol. The number of nitrogens with one attached hydrogen (secondary N) is 2. The fourth-order valence-corrected chi connectivity index (χ4v) is 4.94. The number of carbonyl (C=O) groups is 1. The van der Waals surface area contributed by atoms with Crippen molar-refractivity contribution in [1.29, 1.82) is 0 Å². The topological polar surface area (TPSA) is 85.7 Å². The van der Waals surface area contributed by atoms with Gasteiger partial charge in [0, 0.05) is 45.0 Å². The third kappa shape index (κ3) is 4.16. The first-order chi connectivity index (χ1) is 17.0. The summed E-state index contributed by atoms with van der Waals surface area (Å²) in [5.41, 5.74) is 4.26. The molecule has 9 heteroatoms. The number of piperazine rings is 1. The second-order valence-corrected chi connectivity index (χ2v) is 9.50. The van der Waals surface area contributed by atoms with Gasteiger partial charge >= 0.3 is 0 Å². The summed E-state index contributed by atoms with van der Waals surface area (Å²) in [5, 5.41) is 2.98. The van der Waals surface area contributed by atoms with Crippen molar-refractivity contribution in [2.75, 3.05) is 31.1 Å². The molecule has 1 saturated carbocycles. The number of pyridine rings is 1. The average Bonchev–Trinajstić information content (AvgIpc) is 3.51. The molecule has 3 aromatic heterocycles. The molecule has 1 saturated heterocycles. The van der Waals surface area contributed by atoms with Crippen molar-refractivity contribution in [3.05, 3.63) is 75.7 Å². The highest BCUT2D eigenvalue weighted by Gasteiger charge is 2.25. The first-order valence-electron chi connectivity index (χ1n) is 12.0. The average molecular weight is 475 g/mol. The maximum absolute atomic E-state index is 15.0. The second-order valence-electron chi connectivity index (χ2n) is 9.50. The van der Waals surface area contributed by atoms with Gasteiger partial charge in [-0.25, -0.2) is 9.37 Å². The number of rotatable bonds is 5. The molecule has 4 aromatic rings. The van der Waals surface area contributed by atoms with E-state index in [4.69, 9.17) is 0 Å². The number of aromatic amines is 1. The van der Waals surface area contributed by atoms with Crippen molar-refractivity contribution in [3.63, 3.8) is 0 Å². The number of amides is 1. The standard InChI is InChI=1S/C26H27FN6O2/c1-16-22(7-6-20(28-16)25(34)29-18-4-5-18)32-11-9-31(10-12-32)15-17-13-19(27)24-21(14-17)30-26(35)23-3-2-8-33(23)24/h2-3,6-8,13-14,18H,4-5,9-12,15H2,1H3,(H,29,34)(H,30,35). The number of H-pyrrole nitrogens is 1. The van der Waals surface area contributed by atoms with Gasteiger partial charge in [0.15, 0.2) is 0 Å². The first-order valence-corrected chi connectivity index (χ1v) is 12.0. The Morgan fingerprint density at radius 1 is 1.17 bits per heavy atom. The molecule has 0 spiro atoms. The normalized spacial score (nSPS) is 16.8. The van der Waals surface area contributed by atoms with Gasteiger partial charge in [-0.1, -0.05) is 0 Å². The molecule has 35 heavy (non-hydrogen) atoms. The van der Waals surface area contributed by atoms with E-state index in [0.29, 0.717) is 34.8 Å². The van der Waals surface area contributed by atoms with Crippen LogP contribution in [0.5, 0.6) is 0 Å². The van der Waals surface area contributed by atoms with E-state index in [2.05, 4.69) is 25.1 Å². The van der Waals surface area contributed by atoms with Crippen LogP contribution in [-0.2, 0) is 6.54 Å². The van der Waals surface area contributed by atoms with Gasteiger partial charge in [0.25, 0.3) is 11.5 Å². The maximum atomic E-state index is 15.0. The molecule has 2 fully saturated rings. The number of fused-ring (bicyclic) bond motifs is 3. The van der Waals surface area contributed by atoms with Crippen LogP contribution in [0.2, 0.25) is 0 Å². The Morgan fingerprint density at radius 3 is 2.71 bits per heavy atom. The first kappa shape index (κ1) is 21.8. The molecule has 0 unspecified atom stereocenters. The van der Waals surface area contributed by atoms with E-state index >= 15 is 4.39 Å². The van der Waals surface area contributed by atoms with Crippen LogP contribution in [0.3, 0.4) is 0 Å². The summed E-state index contributed by atoms with van der Waals surface area (Å²) in [4.78, 5) is 36.5. The zero-order chi connectivity index (χ0) is 24.1. The maximum Gasteiger partial charge on any atom is 0.272 e. The Kier molecular flexibility index (Phi) is 5.29. The lowest BCUT2D eigenvalue weighted by Crippen LogP contribution is -2.46. The van der Waals surface area contributed by atoms with Crippen LogP contribution in [0.25, 0.3) is 16.6 Å².